The van der Waals surface area contributed by atoms with E-state index in [1.54, 1.807) is 0 Å². The number of aliphatic imine (C=N–C) groups is 1. The van der Waals surface area contributed by atoms with Crippen molar-refractivity contribution < 1.29 is 5.11 Å². The third-order valence-corrected chi connectivity index (χ3v) is 4.38. The zero-order valence-electron chi connectivity index (χ0n) is 14.1. The zero-order chi connectivity index (χ0) is 16.1. The van der Waals surface area contributed by atoms with Gasteiger partial charge in [-0.1, -0.05) is 42.5 Å². The Hall–Kier alpha value is -1.34. The van der Waals surface area contributed by atoms with Gasteiger partial charge in [0.2, 0.25) is 0 Å². The fourth-order valence-corrected chi connectivity index (χ4v) is 3.09. The first-order valence-electron chi connectivity index (χ1n) is 8.46. The second-order valence-electron chi connectivity index (χ2n) is 6.03. The Morgan fingerprint density at radius 1 is 1.17 bits per heavy atom. The van der Waals surface area contributed by atoms with E-state index in [2.05, 4.69) is 59.6 Å². The van der Waals surface area contributed by atoms with Gasteiger partial charge in [-0.05, 0) is 36.1 Å². The van der Waals surface area contributed by atoms with Crippen molar-refractivity contribution in [3.05, 3.63) is 48.0 Å². The van der Waals surface area contributed by atoms with Crippen LogP contribution in [-0.2, 0) is 6.54 Å². The van der Waals surface area contributed by atoms with E-state index < -0.39 is 0 Å². The van der Waals surface area contributed by atoms with Crippen molar-refractivity contribution in [2.45, 2.75) is 32.4 Å². The van der Waals surface area contributed by atoms with Crippen LogP contribution in [0.25, 0.3) is 10.8 Å². The maximum absolute atomic E-state index is 9.68. The number of guanidine groups is 1. The lowest BCUT2D eigenvalue weighted by molar-refractivity contribution is 0.108. The topological polar surface area (TPSA) is 47.9 Å². The predicted octanol–water partition coefficient (Wildman–Crippen LogP) is 3.38. The van der Waals surface area contributed by atoms with E-state index in [1.165, 1.54) is 16.3 Å². The zero-order valence-corrected chi connectivity index (χ0v) is 16.4. The minimum absolute atomic E-state index is 0. The molecule has 2 aromatic carbocycles. The largest absolute Gasteiger partial charge is 0.393 e. The van der Waals surface area contributed by atoms with Gasteiger partial charge in [0.25, 0.3) is 0 Å². The Bertz CT molecular complexity index is 676. The van der Waals surface area contributed by atoms with E-state index in [1.807, 2.05) is 0 Å². The molecule has 2 N–H and O–H groups in total. The highest BCUT2D eigenvalue weighted by Crippen LogP contribution is 2.19. The second kappa shape index (κ2) is 9.22. The summed E-state index contributed by atoms with van der Waals surface area (Å²) < 4.78 is 0. The minimum atomic E-state index is -0.160. The smallest absolute Gasteiger partial charge is 0.194 e. The first kappa shape index (κ1) is 19.0. The molecule has 130 valence electrons. The number of aliphatic hydroxyl groups excluding tert-OH is 1. The summed E-state index contributed by atoms with van der Waals surface area (Å²) >= 11 is 0. The highest BCUT2D eigenvalue weighted by Gasteiger charge is 2.19. The van der Waals surface area contributed by atoms with Crippen LogP contribution in [0.1, 0.15) is 25.3 Å². The molecule has 0 amide bonds. The summed E-state index contributed by atoms with van der Waals surface area (Å²) in [4.78, 5) is 7.08. The monoisotopic (exact) mass is 439 g/mol. The first-order chi connectivity index (χ1) is 11.3. The van der Waals surface area contributed by atoms with E-state index in [-0.39, 0.29) is 30.1 Å². The maximum atomic E-state index is 9.68. The van der Waals surface area contributed by atoms with Gasteiger partial charge in [0, 0.05) is 19.6 Å². The van der Waals surface area contributed by atoms with Crippen molar-refractivity contribution in [1.29, 1.82) is 0 Å². The molecule has 0 radical (unpaired) electrons. The molecule has 4 nitrogen and oxygen atoms in total. The van der Waals surface area contributed by atoms with Crippen LogP contribution in [0.3, 0.4) is 0 Å². The molecule has 0 bridgehead atoms. The van der Waals surface area contributed by atoms with Gasteiger partial charge in [-0.25, -0.2) is 4.99 Å². The van der Waals surface area contributed by atoms with Crippen molar-refractivity contribution in [3.63, 3.8) is 0 Å². The van der Waals surface area contributed by atoms with Gasteiger partial charge >= 0.3 is 0 Å². The van der Waals surface area contributed by atoms with Gasteiger partial charge < -0.3 is 15.3 Å². The predicted molar refractivity (Wildman–Crippen MR) is 111 cm³/mol. The fourth-order valence-electron chi connectivity index (χ4n) is 3.09. The van der Waals surface area contributed by atoms with Crippen molar-refractivity contribution in [2.75, 3.05) is 19.6 Å². The summed E-state index contributed by atoms with van der Waals surface area (Å²) in [5.41, 5.74) is 1.25. The number of nitrogens with zero attached hydrogens (tertiary/aromatic N) is 2. The summed E-state index contributed by atoms with van der Waals surface area (Å²) in [6.45, 7) is 5.34. The Morgan fingerprint density at radius 3 is 2.62 bits per heavy atom. The lowest BCUT2D eigenvalue weighted by Gasteiger charge is -2.32. The molecule has 1 heterocycles. The molecule has 1 aliphatic rings. The number of piperidine rings is 1. The maximum Gasteiger partial charge on any atom is 0.194 e. The lowest BCUT2D eigenvalue weighted by Crippen LogP contribution is -2.46. The fraction of sp³-hybridized carbons (Fsp3) is 0.421. The average Bonchev–Trinajstić information content (AvgIpc) is 2.59. The molecular weight excluding hydrogens is 413 g/mol. The Labute approximate surface area is 161 Å². The van der Waals surface area contributed by atoms with Gasteiger partial charge in [-0.15, -0.1) is 24.0 Å². The van der Waals surface area contributed by atoms with Crippen LogP contribution in [0.5, 0.6) is 0 Å². The number of hydrogen-bond donors (Lipinski definition) is 2. The van der Waals surface area contributed by atoms with Gasteiger partial charge in [0.15, 0.2) is 5.96 Å². The first-order valence-corrected chi connectivity index (χ1v) is 8.46. The van der Waals surface area contributed by atoms with Gasteiger partial charge in [0.1, 0.15) is 0 Å². The number of likely N-dealkylation sites (tertiary alicyclic amines) is 1. The summed E-state index contributed by atoms with van der Waals surface area (Å²) in [6, 6.07) is 14.8. The molecule has 0 aromatic heterocycles. The molecule has 1 fully saturated rings. The quantitative estimate of drug-likeness (QED) is 0.438. The summed E-state index contributed by atoms with van der Waals surface area (Å²) in [5, 5.41) is 15.6. The normalized spacial score (nSPS) is 16.1. The molecule has 2 aromatic rings. The third kappa shape index (κ3) is 4.60. The number of rotatable bonds is 3. The van der Waals surface area contributed by atoms with Crippen LogP contribution < -0.4 is 5.32 Å². The molecule has 3 rings (SSSR count). The van der Waals surface area contributed by atoms with E-state index in [4.69, 9.17) is 4.99 Å². The van der Waals surface area contributed by atoms with E-state index in [9.17, 15) is 5.11 Å². The number of benzene rings is 2. The van der Waals surface area contributed by atoms with E-state index in [0.29, 0.717) is 6.54 Å². The molecule has 0 spiro atoms. The lowest BCUT2D eigenvalue weighted by atomic mass is 10.0. The highest BCUT2D eigenvalue weighted by atomic mass is 127. The van der Waals surface area contributed by atoms with E-state index in [0.717, 1.165) is 38.4 Å². The number of halogens is 1. The highest BCUT2D eigenvalue weighted by molar-refractivity contribution is 14.0. The van der Waals surface area contributed by atoms with Crippen molar-refractivity contribution >= 4 is 40.7 Å². The van der Waals surface area contributed by atoms with Gasteiger partial charge in [-0.3, -0.25) is 0 Å². The Balaban J connectivity index is 0.00000208. The average molecular weight is 439 g/mol. The number of hydrogen-bond acceptors (Lipinski definition) is 2. The van der Waals surface area contributed by atoms with Gasteiger partial charge in [-0.2, -0.15) is 0 Å². The molecule has 24 heavy (non-hydrogen) atoms. The number of nitrogens with one attached hydrogen (secondary N) is 1. The summed E-state index contributed by atoms with van der Waals surface area (Å²) in [7, 11) is 0. The van der Waals surface area contributed by atoms with Crippen LogP contribution >= 0.6 is 24.0 Å². The Morgan fingerprint density at radius 2 is 1.88 bits per heavy atom. The van der Waals surface area contributed by atoms with E-state index >= 15 is 0 Å². The molecule has 0 aliphatic carbocycles. The molecule has 1 aliphatic heterocycles. The number of fused-ring (bicyclic) bond motifs is 1. The third-order valence-electron chi connectivity index (χ3n) is 4.38. The molecule has 5 heteroatoms. The van der Waals surface area contributed by atoms with Crippen LogP contribution in [0, 0.1) is 0 Å². The second-order valence-corrected chi connectivity index (χ2v) is 6.03. The number of aliphatic hydroxyl groups is 1. The van der Waals surface area contributed by atoms with Crippen LogP contribution in [0.4, 0.5) is 0 Å². The van der Waals surface area contributed by atoms with Crippen molar-refractivity contribution in [2.24, 2.45) is 4.99 Å². The molecular formula is C19H26IN3O. The van der Waals surface area contributed by atoms with Crippen molar-refractivity contribution in [3.8, 4) is 0 Å². The standard InChI is InChI=1S/C19H25N3O.HI/c1-2-20-19(22-12-10-17(23)11-13-22)21-14-16-8-5-7-15-6-3-4-9-18(15)16;/h3-9,17,23H,2,10-14H2,1H3,(H,20,21);1H. The van der Waals surface area contributed by atoms with Crippen LogP contribution in [0.15, 0.2) is 47.5 Å². The SMILES string of the molecule is CCNC(=NCc1cccc2ccccc12)N1CCC(O)CC1.I. The van der Waals surface area contributed by atoms with Crippen molar-refractivity contribution in [1.82, 2.24) is 10.2 Å². The molecule has 0 atom stereocenters. The van der Waals surface area contributed by atoms with Gasteiger partial charge in [0.05, 0.1) is 12.6 Å². The Kier molecular flexibility index (Phi) is 7.30. The molecule has 0 unspecified atom stereocenters. The molecule has 0 saturated carbocycles. The summed E-state index contributed by atoms with van der Waals surface area (Å²) in [6.07, 6.45) is 1.48. The summed E-state index contributed by atoms with van der Waals surface area (Å²) in [5.74, 6) is 0.951. The minimum Gasteiger partial charge on any atom is -0.393 e. The van der Waals surface area contributed by atoms with Crippen LogP contribution in [-0.4, -0.2) is 41.7 Å². The van der Waals surface area contributed by atoms with Crippen LogP contribution in [0.2, 0.25) is 0 Å². The molecule has 1 saturated heterocycles.